The highest BCUT2D eigenvalue weighted by Gasteiger charge is 2.32. The number of amides is 1. The van der Waals surface area contributed by atoms with Gasteiger partial charge in [0.15, 0.2) is 0 Å². The Morgan fingerprint density at radius 3 is 2.30 bits per heavy atom. The molecule has 0 saturated carbocycles. The number of nitrogens with zero attached hydrogens (tertiary/aromatic N) is 3. The Kier molecular flexibility index (Phi) is 8.25. The third kappa shape index (κ3) is 6.21. The van der Waals surface area contributed by atoms with Crippen molar-refractivity contribution in [2.45, 2.75) is 38.8 Å². The number of carbonyl (C=O) groups excluding carboxylic acids is 1. The normalized spacial score (nSPS) is 13.1. The predicted octanol–water partition coefficient (Wildman–Crippen LogP) is 3.36. The van der Waals surface area contributed by atoms with Crippen molar-refractivity contribution in [3.63, 3.8) is 0 Å². The fourth-order valence-corrected chi connectivity index (χ4v) is 3.80. The molecule has 2 atom stereocenters. The minimum atomic E-state index is -1.19. The van der Waals surface area contributed by atoms with Crippen LogP contribution in [0.4, 0.5) is 0 Å². The maximum absolute atomic E-state index is 12.0. The van der Waals surface area contributed by atoms with Gasteiger partial charge in [-0.05, 0) is 36.1 Å². The van der Waals surface area contributed by atoms with Gasteiger partial charge in [-0.3, -0.25) is 9.59 Å². The first kappa shape index (κ1) is 23.7. The second-order valence-corrected chi connectivity index (χ2v) is 8.27. The quantitative estimate of drug-likeness (QED) is 0.502. The number of carbonyl (C=O) groups is 3. The lowest BCUT2D eigenvalue weighted by Gasteiger charge is -2.29. The second kappa shape index (κ2) is 10.4. The number of halogens is 2. The first-order valence-corrected chi connectivity index (χ1v) is 9.99. The molecule has 8 nitrogen and oxygen atoms in total. The van der Waals surface area contributed by atoms with Gasteiger partial charge in [0.25, 0.3) is 0 Å². The molecule has 0 saturated heterocycles. The van der Waals surface area contributed by atoms with Crippen molar-refractivity contribution in [1.29, 1.82) is 0 Å². The van der Waals surface area contributed by atoms with Crippen LogP contribution in [0.5, 0.6) is 0 Å². The van der Waals surface area contributed by atoms with Crippen LogP contribution in [0.3, 0.4) is 0 Å². The van der Waals surface area contributed by atoms with Gasteiger partial charge in [0.1, 0.15) is 12.0 Å². The molecule has 0 bridgehead atoms. The van der Waals surface area contributed by atoms with Gasteiger partial charge in [-0.2, -0.15) is 0 Å². The molecule has 0 aliphatic rings. The fraction of sp³-hybridized carbons (Fsp3) is 0.400. The van der Waals surface area contributed by atoms with Crippen molar-refractivity contribution < 1.29 is 24.6 Å². The molecule has 1 heterocycles. The molecular formula is C20H23Cl2N3O5. The maximum atomic E-state index is 12.0. The van der Waals surface area contributed by atoms with E-state index in [0.717, 1.165) is 10.5 Å². The molecule has 30 heavy (non-hydrogen) atoms. The third-order valence-corrected chi connectivity index (χ3v) is 5.02. The maximum Gasteiger partial charge on any atom is 0.326 e. The molecule has 2 unspecified atom stereocenters. The summed E-state index contributed by atoms with van der Waals surface area (Å²) in [5.74, 6) is -3.53. The summed E-state index contributed by atoms with van der Waals surface area (Å²) in [5, 5.41) is 20.2. The van der Waals surface area contributed by atoms with E-state index in [4.69, 9.17) is 23.2 Å². The summed E-state index contributed by atoms with van der Waals surface area (Å²) >= 11 is 12.1. The van der Waals surface area contributed by atoms with Crippen LogP contribution in [0, 0.1) is 5.92 Å². The van der Waals surface area contributed by atoms with Crippen LogP contribution in [0.1, 0.15) is 37.4 Å². The summed E-state index contributed by atoms with van der Waals surface area (Å²) in [6.07, 6.45) is 3.45. The fourth-order valence-electron chi connectivity index (χ4n) is 3.23. The van der Waals surface area contributed by atoms with Crippen molar-refractivity contribution >= 4 is 41.6 Å². The standard InChI is InChI=1S/C20H23Cl2N3O5/c1-12(2)3-17(20(29)30)25(11-26)9-16(19(27)28)18-7-23-10-24(18)8-13-4-14(21)6-15(22)5-13/h4-7,10-12,16-17H,3,8-9H2,1-2H3,(H,27,28)(H,29,30). The highest BCUT2D eigenvalue weighted by molar-refractivity contribution is 6.34. The van der Waals surface area contributed by atoms with Crippen LogP contribution in [-0.4, -0.2) is 55.6 Å². The van der Waals surface area contributed by atoms with Crippen molar-refractivity contribution in [2.24, 2.45) is 5.92 Å². The zero-order valence-electron chi connectivity index (χ0n) is 16.5. The van der Waals surface area contributed by atoms with Gasteiger partial charge >= 0.3 is 11.9 Å². The molecule has 0 spiro atoms. The van der Waals surface area contributed by atoms with Gasteiger partial charge in [0.05, 0.1) is 12.0 Å². The molecular weight excluding hydrogens is 433 g/mol. The summed E-state index contributed by atoms with van der Waals surface area (Å²) in [6, 6.07) is 3.87. The number of aromatic nitrogens is 2. The number of carboxylic acid groups (broad SMARTS) is 2. The van der Waals surface area contributed by atoms with Crippen molar-refractivity contribution in [1.82, 2.24) is 14.5 Å². The van der Waals surface area contributed by atoms with Gasteiger partial charge in [-0.25, -0.2) is 9.78 Å². The summed E-state index contributed by atoms with van der Waals surface area (Å²) in [6.45, 7) is 3.62. The Balaban J connectivity index is 2.32. The Morgan fingerprint density at radius 2 is 1.80 bits per heavy atom. The summed E-state index contributed by atoms with van der Waals surface area (Å²) in [7, 11) is 0. The van der Waals surface area contributed by atoms with Gasteiger partial charge < -0.3 is 19.7 Å². The zero-order valence-corrected chi connectivity index (χ0v) is 18.0. The lowest BCUT2D eigenvalue weighted by molar-refractivity contribution is -0.149. The molecule has 2 aromatic rings. The molecule has 0 aliphatic heterocycles. The average Bonchev–Trinajstić information content (AvgIpc) is 3.07. The number of imidazole rings is 1. The van der Waals surface area contributed by atoms with E-state index in [0.29, 0.717) is 22.1 Å². The molecule has 0 radical (unpaired) electrons. The molecule has 1 aromatic heterocycles. The van der Waals surface area contributed by atoms with Gasteiger partial charge in [0.2, 0.25) is 6.41 Å². The van der Waals surface area contributed by atoms with Crippen LogP contribution in [-0.2, 0) is 20.9 Å². The van der Waals surface area contributed by atoms with Crippen molar-refractivity contribution in [2.75, 3.05) is 6.54 Å². The Hall–Kier alpha value is -2.58. The smallest absolute Gasteiger partial charge is 0.326 e. The Morgan fingerprint density at radius 1 is 1.17 bits per heavy atom. The van der Waals surface area contributed by atoms with E-state index in [1.807, 2.05) is 13.8 Å². The lowest BCUT2D eigenvalue weighted by atomic mass is 10.00. The molecule has 0 aliphatic carbocycles. The Bertz CT molecular complexity index is 895. The van der Waals surface area contributed by atoms with Crippen LogP contribution in [0.25, 0.3) is 0 Å². The van der Waals surface area contributed by atoms with Crippen LogP contribution >= 0.6 is 23.2 Å². The molecule has 10 heteroatoms. The summed E-state index contributed by atoms with van der Waals surface area (Å²) in [5.41, 5.74) is 1.07. The molecule has 2 N–H and O–H groups in total. The number of carboxylic acids is 2. The third-order valence-electron chi connectivity index (χ3n) is 4.58. The van der Waals surface area contributed by atoms with Gasteiger partial charge in [0, 0.05) is 29.3 Å². The first-order valence-electron chi connectivity index (χ1n) is 9.24. The number of hydrogen-bond donors (Lipinski definition) is 2. The average molecular weight is 456 g/mol. The van der Waals surface area contributed by atoms with E-state index < -0.39 is 23.9 Å². The van der Waals surface area contributed by atoms with E-state index >= 15 is 0 Å². The summed E-state index contributed by atoms with van der Waals surface area (Å²) in [4.78, 5) is 40.3. The second-order valence-electron chi connectivity index (χ2n) is 7.40. The van der Waals surface area contributed by atoms with Crippen molar-refractivity contribution in [3.8, 4) is 0 Å². The molecule has 2 rings (SSSR count). The minimum absolute atomic E-state index is 0.00920. The molecule has 162 valence electrons. The van der Waals surface area contributed by atoms with Crippen LogP contribution in [0.2, 0.25) is 10.0 Å². The highest BCUT2D eigenvalue weighted by Crippen LogP contribution is 2.24. The largest absolute Gasteiger partial charge is 0.481 e. The molecule has 0 fully saturated rings. The highest BCUT2D eigenvalue weighted by atomic mass is 35.5. The van der Waals surface area contributed by atoms with Gasteiger partial charge in [-0.15, -0.1) is 0 Å². The minimum Gasteiger partial charge on any atom is -0.481 e. The predicted molar refractivity (Wildman–Crippen MR) is 112 cm³/mol. The SMILES string of the molecule is CC(C)CC(C(=O)O)N(C=O)CC(C(=O)O)c1cncn1Cc1cc(Cl)cc(Cl)c1. The number of benzene rings is 1. The zero-order chi connectivity index (χ0) is 22.4. The topological polar surface area (TPSA) is 113 Å². The van der Waals surface area contributed by atoms with Gasteiger partial charge in [-0.1, -0.05) is 37.0 Å². The Labute approximate surface area is 184 Å². The number of rotatable bonds is 11. The van der Waals surface area contributed by atoms with E-state index in [9.17, 15) is 24.6 Å². The van der Waals surface area contributed by atoms with E-state index in [-0.39, 0.29) is 25.4 Å². The van der Waals surface area contributed by atoms with E-state index in [2.05, 4.69) is 4.98 Å². The number of aliphatic carboxylic acids is 2. The molecule has 1 amide bonds. The van der Waals surface area contributed by atoms with E-state index in [1.54, 1.807) is 22.8 Å². The van der Waals surface area contributed by atoms with Crippen LogP contribution in [0.15, 0.2) is 30.7 Å². The van der Waals surface area contributed by atoms with Crippen LogP contribution < -0.4 is 0 Å². The lowest BCUT2D eigenvalue weighted by Crippen LogP contribution is -2.44. The molecule has 1 aromatic carbocycles. The first-order chi connectivity index (χ1) is 14.1. The summed E-state index contributed by atoms with van der Waals surface area (Å²) < 4.78 is 1.61. The monoisotopic (exact) mass is 455 g/mol. The number of hydrogen-bond acceptors (Lipinski definition) is 4. The van der Waals surface area contributed by atoms with Crippen molar-refractivity contribution in [3.05, 3.63) is 52.0 Å². The van der Waals surface area contributed by atoms with E-state index in [1.165, 1.54) is 12.5 Å².